The first-order valence-electron chi connectivity index (χ1n) is 6.96. The van der Waals surface area contributed by atoms with Crippen LogP contribution in [0.15, 0.2) is 0 Å². The maximum atomic E-state index is 11.3. The zero-order chi connectivity index (χ0) is 12.3. The Morgan fingerprint density at radius 2 is 2.24 bits per heavy atom. The lowest BCUT2D eigenvalue weighted by atomic mass is 9.97. The van der Waals surface area contributed by atoms with Crippen molar-refractivity contribution >= 4 is 10.8 Å². The Hall–Kier alpha value is 0.0700. The van der Waals surface area contributed by atoms with Crippen molar-refractivity contribution in [3.05, 3.63) is 0 Å². The van der Waals surface area contributed by atoms with E-state index in [1.807, 2.05) is 6.26 Å². The molecule has 4 heteroatoms. The van der Waals surface area contributed by atoms with E-state index in [0.717, 1.165) is 19.0 Å². The monoisotopic (exact) mass is 258 g/mol. The second-order valence-corrected chi connectivity index (χ2v) is 7.41. The lowest BCUT2D eigenvalue weighted by Crippen LogP contribution is -2.46. The van der Waals surface area contributed by atoms with Crippen molar-refractivity contribution in [3.8, 4) is 0 Å². The third kappa shape index (κ3) is 3.76. The van der Waals surface area contributed by atoms with Crippen LogP contribution < -0.4 is 5.32 Å². The fourth-order valence-electron chi connectivity index (χ4n) is 3.07. The summed E-state index contributed by atoms with van der Waals surface area (Å²) in [6.45, 7) is 5.70. The van der Waals surface area contributed by atoms with Crippen LogP contribution in [0.4, 0.5) is 0 Å². The molecule has 0 aliphatic carbocycles. The van der Waals surface area contributed by atoms with Gasteiger partial charge in [-0.3, -0.25) is 4.21 Å². The molecular formula is C13H26N2OS. The van der Waals surface area contributed by atoms with Gasteiger partial charge in [0.05, 0.1) is 0 Å². The third-order valence-corrected chi connectivity index (χ3v) is 5.74. The van der Waals surface area contributed by atoms with E-state index in [4.69, 9.17) is 0 Å². The minimum Gasteiger partial charge on any atom is -0.314 e. The van der Waals surface area contributed by atoms with Gasteiger partial charge in [0.15, 0.2) is 0 Å². The summed E-state index contributed by atoms with van der Waals surface area (Å²) >= 11 is 0. The highest BCUT2D eigenvalue weighted by Gasteiger charge is 2.31. The third-order valence-electron chi connectivity index (χ3n) is 4.37. The summed E-state index contributed by atoms with van der Waals surface area (Å²) in [5, 5.41) is 3.99. The van der Waals surface area contributed by atoms with Gasteiger partial charge in [-0.15, -0.1) is 0 Å². The van der Waals surface area contributed by atoms with Gasteiger partial charge in [0.25, 0.3) is 0 Å². The first-order valence-corrected chi connectivity index (χ1v) is 8.58. The van der Waals surface area contributed by atoms with Crippen LogP contribution in [0, 0.1) is 0 Å². The van der Waals surface area contributed by atoms with Gasteiger partial charge >= 0.3 is 0 Å². The first kappa shape index (κ1) is 13.5. The number of piperidine rings is 1. The largest absolute Gasteiger partial charge is 0.314 e. The number of rotatable bonds is 5. The molecule has 1 N–H and O–H groups in total. The zero-order valence-corrected chi connectivity index (χ0v) is 12.0. The molecule has 4 unspecified atom stereocenters. The highest BCUT2D eigenvalue weighted by molar-refractivity contribution is 7.84. The Morgan fingerprint density at radius 3 is 3.00 bits per heavy atom. The van der Waals surface area contributed by atoms with Gasteiger partial charge in [0.1, 0.15) is 0 Å². The summed E-state index contributed by atoms with van der Waals surface area (Å²) < 4.78 is 11.3. The van der Waals surface area contributed by atoms with E-state index in [1.54, 1.807) is 0 Å². The molecule has 2 rings (SSSR count). The van der Waals surface area contributed by atoms with Gasteiger partial charge in [0, 0.05) is 34.4 Å². The molecule has 100 valence electrons. The SMILES string of the molecule is CC(CCNC1CCN2CCCC2C1)S(C)=O. The van der Waals surface area contributed by atoms with Crippen molar-refractivity contribution in [2.24, 2.45) is 0 Å². The highest BCUT2D eigenvalue weighted by atomic mass is 32.2. The van der Waals surface area contributed by atoms with Gasteiger partial charge in [0.2, 0.25) is 0 Å². The molecule has 3 nitrogen and oxygen atoms in total. The standard InChI is InChI=1S/C13H26N2OS/c1-11(17(2)16)5-7-14-12-6-9-15-8-3-4-13(15)10-12/h11-14H,3-10H2,1-2H3. The van der Waals surface area contributed by atoms with E-state index in [9.17, 15) is 4.21 Å². The van der Waals surface area contributed by atoms with Crippen molar-refractivity contribution in [1.82, 2.24) is 10.2 Å². The van der Waals surface area contributed by atoms with Crippen LogP contribution >= 0.6 is 0 Å². The Kier molecular flexibility index (Phi) is 5.00. The first-order chi connectivity index (χ1) is 8.16. The summed E-state index contributed by atoms with van der Waals surface area (Å²) in [5.41, 5.74) is 0. The smallest absolute Gasteiger partial charge is 0.0329 e. The molecule has 17 heavy (non-hydrogen) atoms. The summed E-state index contributed by atoms with van der Waals surface area (Å²) in [4.78, 5) is 2.65. The minimum absolute atomic E-state index is 0.328. The number of hydrogen-bond donors (Lipinski definition) is 1. The van der Waals surface area contributed by atoms with Crippen LogP contribution in [0.2, 0.25) is 0 Å². The van der Waals surface area contributed by atoms with E-state index in [2.05, 4.69) is 17.1 Å². The second kappa shape index (κ2) is 6.30. The highest BCUT2D eigenvalue weighted by Crippen LogP contribution is 2.26. The minimum atomic E-state index is -0.669. The molecule has 4 atom stereocenters. The zero-order valence-electron chi connectivity index (χ0n) is 11.2. The van der Waals surface area contributed by atoms with Crippen molar-refractivity contribution in [1.29, 1.82) is 0 Å². The Balaban J connectivity index is 1.65. The van der Waals surface area contributed by atoms with E-state index >= 15 is 0 Å². The molecule has 0 saturated carbocycles. The summed E-state index contributed by atoms with van der Waals surface area (Å²) in [7, 11) is -0.669. The molecule has 0 amide bonds. The van der Waals surface area contributed by atoms with E-state index in [1.165, 1.54) is 38.8 Å². The quantitative estimate of drug-likeness (QED) is 0.808. The molecule has 0 aromatic rings. The average Bonchev–Trinajstić information content (AvgIpc) is 2.75. The Bertz CT molecular complexity index is 272. The number of fused-ring (bicyclic) bond motifs is 1. The predicted octanol–water partition coefficient (Wildman–Crippen LogP) is 1.36. The molecule has 0 spiro atoms. The number of nitrogens with zero attached hydrogens (tertiary/aromatic N) is 1. The summed E-state index contributed by atoms with van der Waals surface area (Å²) in [5.74, 6) is 0. The van der Waals surface area contributed by atoms with Gasteiger partial charge in [-0.2, -0.15) is 0 Å². The average molecular weight is 258 g/mol. The second-order valence-electron chi connectivity index (χ2n) is 5.61. The summed E-state index contributed by atoms with van der Waals surface area (Å²) in [6, 6.07) is 1.55. The summed E-state index contributed by atoms with van der Waals surface area (Å²) in [6.07, 6.45) is 8.25. The van der Waals surface area contributed by atoms with Crippen molar-refractivity contribution in [2.75, 3.05) is 25.9 Å². The molecule has 0 radical (unpaired) electrons. The fraction of sp³-hybridized carbons (Fsp3) is 1.00. The predicted molar refractivity (Wildman–Crippen MR) is 73.8 cm³/mol. The molecule has 2 heterocycles. The normalized spacial score (nSPS) is 33.3. The van der Waals surface area contributed by atoms with Gasteiger partial charge in [-0.1, -0.05) is 6.92 Å². The molecule has 0 aromatic carbocycles. The van der Waals surface area contributed by atoms with Crippen LogP contribution in [-0.2, 0) is 10.8 Å². The lowest BCUT2D eigenvalue weighted by Gasteiger charge is -2.35. The van der Waals surface area contributed by atoms with Crippen molar-refractivity contribution in [2.45, 2.75) is 56.4 Å². The van der Waals surface area contributed by atoms with Crippen molar-refractivity contribution in [3.63, 3.8) is 0 Å². The molecule has 2 aliphatic heterocycles. The molecule has 0 bridgehead atoms. The Labute approximate surface area is 108 Å². The lowest BCUT2D eigenvalue weighted by molar-refractivity contribution is 0.167. The topological polar surface area (TPSA) is 32.3 Å². The van der Waals surface area contributed by atoms with Gasteiger partial charge in [-0.25, -0.2) is 0 Å². The van der Waals surface area contributed by atoms with E-state index in [-0.39, 0.29) is 0 Å². The number of hydrogen-bond acceptors (Lipinski definition) is 3. The molecule has 2 aliphatic rings. The maximum absolute atomic E-state index is 11.3. The fourth-order valence-corrected chi connectivity index (χ4v) is 3.52. The molecular weight excluding hydrogens is 232 g/mol. The number of nitrogens with one attached hydrogen (secondary N) is 1. The maximum Gasteiger partial charge on any atom is 0.0329 e. The molecule has 0 aromatic heterocycles. The van der Waals surface area contributed by atoms with Crippen LogP contribution in [0.5, 0.6) is 0 Å². The van der Waals surface area contributed by atoms with Gasteiger partial charge < -0.3 is 10.2 Å². The molecule has 2 saturated heterocycles. The van der Waals surface area contributed by atoms with Gasteiger partial charge in [-0.05, 0) is 51.7 Å². The van der Waals surface area contributed by atoms with Crippen LogP contribution in [0.25, 0.3) is 0 Å². The van der Waals surface area contributed by atoms with Crippen LogP contribution in [-0.4, -0.2) is 52.3 Å². The van der Waals surface area contributed by atoms with Crippen LogP contribution in [0.1, 0.15) is 39.0 Å². The van der Waals surface area contributed by atoms with E-state index in [0.29, 0.717) is 11.3 Å². The molecule has 2 fully saturated rings. The van der Waals surface area contributed by atoms with Crippen LogP contribution in [0.3, 0.4) is 0 Å². The van der Waals surface area contributed by atoms with Crippen molar-refractivity contribution < 1.29 is 4.21 Å². The van der Waals surface area contributed by atoms with E-state index < -0.39 is 10.8 Å². The Morgan fingerprint density at radius 1 is 1.41 bits per heavy atom.